The van der Waals surface area contributed by atoms with Crippen LogP contribution in [0.4, 0.5) is 4.39 Å². The fourth-order valence-electron chi connectivity index (χ4n) is 1.66. The van der Waals surface area contributed by atoms with Crippen LogP contribution in [-0.2, 0) is 0 Å². The molecule has 0 aliphatic heterocycles. The van der Waals surface area contributed by atoms with Crippen LogP contribution in [0, 0.1) is 5.92 Å². The average Bonchev–Trinajstić information content (AvgIpc) is 2.03. The molecule has 0 spiro atoms. The van der Waals surface area contributed by atoms with Crippen molar-refractivity contribution in [1.29, 1.82) is 0 Å². The lowest BCUT2D eigenvalue weighted by Gasteiger charge is -2.29. The molecule has 1 N–H and O–H groups in total. The highest BCUT2D eigenvalue weighted by Gasteiger charge is 2.29. The first-order valence-electron chi connectivity index (χ1n) is 4.51. The number of hydrogen-bond acceptors (Lipinski definition) is 1. The minimum Gasteiger partial charge on any atom is -0.392 e. The van der Waals surface area contributed by atoms with E-state index >= 15 is 0 Å². The van der Waals surface area contributed by atoms with E-state index in [2.05, 4.69) is 0 Å². The summed E-state index contributed by atoms with van der Waals surface area (Å²) in [5.41, 5.74) is -0.00666. The Morgan fingerprint density at radius 2 is 2.33 bits per heavy atom. The quantitative estimate of drug-likeness (QED) is 0.634. The summed E-state index contributed by atoms with van der Waals surface area (Å²) in [6.07, 6.45) is 4.49. The smallest absolute Gasteiger partial charge is 0.108 e. The van der Waals surface area contributed by atoms with Crippen molar-refractivity contribution < 1.29 is 9.50 Å². The molecular weight excluding hydrogens is 155 g/mol. The highest BCUT2D eigenvalue weighted by molar-refractivity contribution is 5.08. The van der Waals surface area contributed by atoms with Crippen molar-refractivity contribution in [3.05, 3.63) is 11.6 Å². The van der Waals surface area contributed by atoms with Gasteiger partial charge in [0.15, 0.2) is 0 Å². The van der Waals surface area contributed by atoms with Crippen LogP contribution in [0.2, 0.25) is 0 Å². The maximum Gasteiger partial charge on any atom is 0.108 e. The van der Waals surface area contributed by atoms with Gasteiger partial charge in [0.25, 0.3) is 0 Å². The van der Waals surface area contributed by atoms with Gasteiger partial charge in [-0.3, -0.25) is 0 Å². The summed E-state index contributed by atoms with van der Waals surface area (Å²) in [4.78, 5) is 0. The fourth-order valence-corrected chi connectivity index (χ4v) is 1.66. The number of aliphatic hydroxyl groups is 1. The summed E-state index contributed by atoms with van der Waals surface area (Å²) in [5, 5.41) is 8.82. The number of allylic oxidation sites excluding steroid dienone is 1. The molecule has 1 atom stereocenters. The summed E-state index contributed by atoms with van der Waals surface area (Å²) < 4.78 is 13.4. The van der Waals surface area contributed by atoms with Gasteiger partial charge in [-0.1, -0.05) is 6.08 Å². The summed E-state index contributed by atoms with van der Waals surface area (Å²) in [6, 6.07) is 0. The van der Waals surface area contributed by atoms with Gasteiger partial charge in [0.1, 0.15) is 5.67 Å². The van der Waals surface area contributed by atoms with Crippen molar-refractivity contribution in [2.45, 2.75) is 38.8 Å². The van der Waals surface area contributed by atoms with Crippen molar-refractivity contribution in [3.8, 4) is 0 Å². The molecule has 0 bridgehead atoms. The summed E-state index contributed by atoms with van der Waals surface area (Å²) in [5.74, 6) is 0.132. The number of halogens is 1. The van der Waals surface area contributed by atoms with Crippen molar-refractivity contribution in [1.82, 2.24) is 0 Å². The van der Waals surface area contributed by atoms with Crippen LogP contribution >= 0.6 is 0 Å². The second-order valence-electron chi connectivity index (χ2n) is 4.06. The Morgan fingerprint density at radius 3 is 2.67 bits per heavy atom. The topological polar surface area (TPSA) is 20.2 Å². The molecule has 12 heavy (non-hydrogen) atoms. The second kappa shape index (κ2) is 3.56. The first-order valence-corrected chi connectivity index (χ1v) is 4.51. The van der Waals surface area contributed by atoms with E-state index in [1.54, 1.807) is 13.8 Å². The molecule has 0 aromatic rings. The lowest BCUT2D eigenvalue weighted by molar-refractivity contribution is 0.114. The van der Waals surface area contributed by atoms with E-state index in [9.17, 15) is 4.39 Å². The van der Waals surface area contributed by atoms with Gasteiger partial charge in [-0.2, -0.15) is 0 Å². The van der Waals surface area contributed by atoms with Crippen LogP contribution in [0.1, 0.15) is 33.1 Å². The van der Waals surface area contributed by atoms with Gasteiger partial charge in [-0.05, 0) is 44.6 Å². The summed E-state index contributed by atoms with van der Waals surface area (Å²) in [7, 11) is 0. The summed E-state index contributed by atoms with van der Waals surface area (Å²) in [6.45, 7) is 3.41. The zero-order valence-corrected chi connectivity index (χ0v) is 7.81. The monoisotopic (exact) mass is 172 g/mol. The Bertz CT molecular complexity index is 179. The third-order valence-electron chi connectivity index (χ3n) is 2.68. The Labute approximate surface area is 73.3 Å². The van der Waals surface area contributed by atoms with E-state index in [0.717, 1.165) is 24.8 Å². The van der Waals surface area contributed by atoms with Gasteiger partial charge in [0.2, 0.25) is 0 Å². The van der Waals surface area contributed by atoms with E-state index in [4.69, 9.17) is 5.11 Å². The number of rotatable bonds is 2. The third-order valence-corrected chi connectivity index (χ3v) is 2.68. The average molecular weight is 172 g/mol. The van der Waals surface area contributed by atoms with Gasteiger partial charge in [-0.15, -0.1) is 0 Å². The Balaban J connectivity index is 2.52. The van der Waals surface area contributed by atoms with Crippen LogP contribution in [0.25, 0.3) is 0 Å². The van der Waals surface area contributed by atoms with Gasteiger partial charge in [-0.25, -0.2) is 4.39 Å². The first kappa shape index (κ1) is 9.72. The standard InChI is InChI=1S/C10H17FO/c1-10(2,11)9-5-3-8(7-12)4-6-9/h3,9,12H,4-7H2,1-2H3/t9-/m1/s1. The molecular formula is C10H17FO. The highest BCUT2D eigenvalue weighted by atomic mass is 19.1. The van der Waals surface area contributed by atoms with E-state index in [0.29, 0.717) is 0 Å². The second-order valence-corrected chi connectivity index (χ2v) is 4.06. The Morgan fingerprint density at radius 1 is 1.67 bits per heavy atom. The van der Waals surface area contributed by atoms with E-state index in [1.807, 2.05) is 6.08 Å². The molecule has 0 fully saturated rings. The number of hydrogen-bond donors (Lipinski definition) is 1. The predicted octanol–water partition coefficient (Wildman–Crippen LogP) is 2.45. The molecule has 0 saturated carbocycles. The van der Waals surface area contributed by atoms with Crippen LogP contribution in [0.3, 0.4) is 0 Å². The van der Waals surface area contributed by atoms with Crippen molar-refractivity contribution in [2.24, 2.45) is 5.92 Å². The SMILES string of the molecule is CC(C)(F)[C@@H]1CC=C(CO)CC1. The van der Waals surface area contributed by atoms with E-state index in [-0.39, 0.29) is 12.5 Å². The van der Waals surface area contributed by atoms with Crippen LogP contribution in [0.15, 0.2) is 11.6 Å². The van der Waals surface area contributed by atoms with Crippen LogP contribution in [-0.4, -0.2) is 17.4 Å². The zero-order chi connectivity index (χ0) is 9.19. The minimum atomic E-state index is -1.07. The molecule has 0 saturated heterocycles. The lowest BCUT2D eigenvalue weighted by atomic mass is 9.81. The fraction of sp³-hybridized carbons (Fsp3) is 0.800. The molecule has 0 radical (unpaired) electrons. The molecule has 0 unspecified atom stereocenters. The van der Waals surface area contributed by atoms with Gasteiger partial charge < -0.3 is 5.11 Å². The van der Waals surface area contributed by atoms with Gasteiger partial charge in [0.05, 0.1) is 6.61 Å². The molecule has 1 rings (SSSR count). The Kier molecular flexibility index (Phi) is 2.89. The Hall–Kier alpha value is -0.370. The molecule has 1 aliphatic rings. The molecule has 1 nitrogen and oxygen atoms in total. The number of alkyl halides is 1. The maximum atomic E-state index is 13.4. The highest BCUT2D eigenvalue weighted by Crippen LogP contribution is 2.33. The largest absolute Gasteiger partial charge is 0.392 e. The zero-order valence-electron chi connectivity index (χ0n) is 7.81. The third kappa shape index (κ3) is 2.31. The lowest BCUT2D eigenvalue weighted by Crippen LogP contribution is -2.27. The predicted molar refractivity (Wildman–Crippen MR) is 47.7 cm³/mol. The summed E-state index contributed by atoms with van der Waals surface area (Å²) >= 11 is 0. The van der Waals surface area contributed by atoms with E-state index in [1.165, 1.54) is 0 Å². The normalized spacial score (nSPS) is 25.3. The maximum absolute atomic E-state index is 13.4. The van der Waals surface area contributed by atoms with Gasteiger partial charge in [0, 0.05) is 0 Å². The van der Waals surface area contributed by atoms with Crippen molar-refractivity contribution in [3.63, 3.8) is 0 Å². The number of aliphatic hydroxyl groups excluding tert-OH is 1. The molecule has 2 heteroatoms. The molecule has 0 amide bonds. The van der Waals surface area contributed by atoms with Crippen molar-refractivity contribution >= 4 is 0 Å². The van der Waals surface area contributed by atoms with E-state index < -0.39 is 5.67 Å². The molecule has 0 heterocycles. The van der Waals surface area contributed by atoms with Crippen LogP contribution in [0.5, 0.6) is 0 Å². The minimum absolute atomic E-state index is 0.132. The van der Waals surface area contributed by atoms with Crippen LogP contribution < -0.4 is 0 Å². The molecule has 70 valence electrons. The van der Waals surface area contributed by atoms with Gasteiger partial charge >= 0.3 is 0 Å². The first-order chi connectivity index (χ1) is 5.54. The molecule has 1 aliphatic carbocycles. The molecule has 0 aromatic heterocycles. The molecule has 0 aromatic carbocycles. The van der Waals surface area contributed by atoms with Crippen molar-refractivity contribution in [2.75, 3.05) is 6.61 Å².